The first-order chi connectivity index (χ1) is 8.45. The predicted octanol–water partition coefficient (Wildman–Crippen LogP) is 2.76. The topological polar surface area (TPSA) is 32.3 Å². The summed E-state index contributed by atoms with van der Waals surface area (Å²) < 4.78 is 0. The summed E-state index contributed by atoms with van der Waals surface area (Å²) in [6, 6.07) is 0.0705. The van der Waals surface area contributed by atoms with E-state index in [0.717, 1.165) is 25.8 Å². The quantitative estimate of drug-likeness (QED) is 0.788. The molecule has 1 amide bonds. The largest absolute Gasteiger partial charge is 0.325 e. The Labute approximate surface area is 111 Å². The lowest BCUT2D eigenvalue weighted by atomic mass is 10.1. The molecule has 2 rings (SSSR count). The molecule has 2 unspecified atom stereocenters. The Kier molecular flexibility index (Phi) is 4.00. The van der Waals surface area contributed by atoms with Crippen molar-refractivity contribution >= 4 is 5.91 Å². The molecular formula is C15H28N2O. The van der Waals surface area contributed by atoms with E-state index in [0.29, 0.717) is 17.2 Å². The molecule has 18 heavy (non-hydrogen) atoms. The molecule has 0 radical (unpaired) electrons. The molecule has 2 atom stereocenters. The zero-order chi connectivity index (χ0) is 13.3. The molecule has 1 saturated carbocycles. The zero-order valence-electron chi connectivity index (χ0n) is 12.3. The fourth-order valence-electron chi connectivity index (χ4n) is 2.86. The molecule has 1 N–H and O–H groups in total. The van der Waals surface area contributed by atoms with Gasteiger partial charge in [0.25, 0.3) is 0 Å². The summed E-state index contributed by atoms with van der Waals surface area (Å²) in [6.45, 7) is 9.88. The summed E-state index contributed by atoms with van der Waals surface area (Å²) in [7, 11) is 0. The first kappa shape index (κ1) is 13.9. The van der Waals surface area contributed by atoms with E-state index in [4.69, 9.17) is 0 Å². The molecule has 1 aliphatic carbocycles. The number of nitrogens with one attached hydrogen (secondary N) is 1. The van der Waals surface area contributed by atoms with Gasteiger partial charge in [-0.15, -0.1) is 0 Å². The van der Waals surface area contributed by atoms with Crippen LogP contribution in [0.25, 0.3) is 0 Å². The van der Waals surface area contributed by atoms with Crippen LogP contribution in [0.3, 0.4) is 0 Å². The highest BCUT2D eigenvalue weighted by atomic mass is 16.2. The van der Waals surface area contributed by atoms with Crippen molar-refractivity contribution in [2.24, 2.45) is 11.3 Å². The van der Waals surface area contributed by atoms with Gasteiger partial charge in [-0.2, -0.15) is 0 Å². The minimum atomic E-state index is 0.0705. The lowest BCUT2D eigenvalue weighted by Gasteiger charge is -2.28. The van der Waals surface area contributed by atoms with Gasteiger partial charge < -0.3 is 4.90 Å². The molecule has 1 aliphatic heterocycles. The molecule has 0 bridgehead atoms. The first-order valence-corrected chi connectivity index (χ1v) is 7.52. The summed E-state index contributed by atoms with van der Waals surface area (Å²) >= 11 is 0. The van der Waals surface area contributed by atoms with Crippen LogP contribution in [-0.2, 0) is 4.79 Å². The normalized spacial score (nSPS) is 30.3. The molecule has 3 nitrogen and oxygen atoms in total. The number of carbonyl (C=O) groups is 1. The predicted molar refractivity (Wildman–Crippen MR) is 74.1 cm³/mol. The minimum absolute atomic E-state index is 0.0705. The SMILES string of the molecule is CCCC1NC(CC(C)C)N(CC2(C)CC2)C1=O. The Bertz CT molecular complexity index is 310. The second kappa shape index (κ2) is 5.20. The summed E-state index contributed by atoms with van der Waals surface area (Å²) in [5, 5.41) is 3.55. The second-order valence-corrected chi connectivity index (χ2v) is 6.93. The molecular weight excluding hydrogens is 224 g/mol. The Hall–Kier alpha value is -0.570. The van der Waals surface area contributed by atoms with Crippen molar-refractivity contribution in [3.8, 4) is 0 Å². The molecule has 2 fully saturated rings. The van der Waals surface area contributed by atoms with Crippen LogP contribution < -0.4 is 5.32 Å². The van der Waals surface area contributed by atoms with Crippen LogP contribution in [-0.4, -0.2) is 29.6 Å². The molecule has 1 heterocycles. The number of carbonyl (C=O) groups excluding carboxylic acids is 1. The lowest BCUT2D eigenvalue weighted by molar-refractivity contribution is -0.131. The molecule has 3 heteroatoms. The van der Waals surface area contributed by atoms with Gasteiger partial charge in [-0.1, -0.05) is 34.1 Å². The number of nitrogens with zero attached hydrogens (tertiary/aromatic N) is 1. The van der Waals surface area contributed by atoms with Crippen LogP contribution in [0.5, 0.6) is 0 Å². The molecule has 0 aromatic rings. The van der Waals surface area contributed by atoms with Crippen LogP contribution in [0.1, 0.15) is 59.8 Å². The van der Waals surface area contributed by atoms with Gasteiger partial charge in [0, 0.05) is 6.54 Å². The van der Waals surface area contributed by atoms with Crippen LogP contribution in [0.2, 0.25) is 0 Å². The van der Waals surface area contributed by atoms with E-state index in [1.807, 2.05) is 0 Å². The minimum Gasteiger partial charge on any atom is -0.325 e. The number of hydrogen-bond donors (Lipinski definition) is 1. The summed E-state index contributed by atoms with van der Waals surface area (Å²) in [5.41, 5.74) is 0.410. The first-order valence-electron chi connectivity index (χ1n) is 7.52. The highest BCUT2D eigenvalue weighted by Gasteiger charge is 2.45. The molecule has 1 saturated heterocycles. The van der Waals surface area contributed by atoms with Crippen LogP contribution in [0.15, 0.2) is 0 Å². The maximum atomic E-state index is 12.5. The Morgan fingerprint density at radius 3 is 2.61 bits per heavy atom. The number of amides is 1. The molecule has 104 valence electrons. The van der Waals surface area contributed by atoms with E-state index in [2.05, 4.69) is 37.9 Å². The third-order valence-corrected chi connectivity index (χ3v) is 4.28. The van der Waals surface area contributed by atoms with Crippen LogP contribution in [0, 0.1) is 11.3 Å². The molecule has 2 aliphatic rings. The zero-order valence-corrected chi connectivity index (χ0v) is 12.3. The van der Waals surface area contributed by atoms with E-state index in [1.165, 1.54) is 12.8 Å². The van der Waals surface area contributed by atoms with E-state index in [-0.39, 0.29) is 12.2 Å². The van der Waals surface area contributed by atoms with Crippen molar-refractivity contribution in [3.05, 3.63) is 0 Å². The smallest absolute Gasteiger partial charge is 0.241 e. The fraction of sp³-hybridized carbons (Fsp3) is 0.933. The average Bonchev–Trinajstić information content (AvgIpc) is 2.95. The van der Waals surface area contributed by atoms with Gasteiger partial charge >= 0.3 is 0 Å². The standard InChI is InChI=1S/C15H28N2O/c1-5-6-12-14(18)17(10-15(4)7-8-15)13(16-12)9-11(2)3/h11-13,16H,5-10H2,1-4H3. The third-order valence-electron chi connectivity index (χ3n) is 4.28. The van der Waals surface area contributed by atoms with Gasteiger partial charge in [-0.25, -0.2) is 0 Å². The van der Waals surface area contributed by atoms with Gasteiger partial charge in [0.05, 0.1) is 12.2 Å². The molecule has 0 aromatic carbocycles. The van der Waals surface area contributed by atoms with E-state index in [1.54, 1.807) is 0 Å². The molecule has 0 aromatic heterocycles. The Morgan fingerprint density at radius 2 is 2.11 bits per heavy atom. The maximum Gasteiger partial charge on any atom is 0.241 e. The van der Waals surface area contributed by atoms with E-state index >= 15 is 0 Å². The third kappa shape index (κ3) is 3.05. The van der Waals surface area contributed by atoms with Crippen molar-refractivity contribution < 1.29 is 4.79 Å². The van der Waals surface area contributed by atoms with Gasteiger partial charge in [-0.05, 0) is 37.0 Å². The summed E-state index contributed by atoms with van der Waals surface area (Å²) in [5.74, 6) is 0.973. The fourth-order valence-corrected chi connectivity index (χ4v) is 2.86. The van der Waals surface area contributed by atoms with Crippen molar-refractivity contribution in [3.63, 3.8) is 0 Å². The summed E-state index contributed by atoms with van der Waals surface area (Å²) in [6.07, 6.45) is 5.95. The second-order valence-electron chi connectivity index (χ2n) is 6.93. The Morgan fingerprint density at radius 1 is 1.44 bits per heavy atom. The van der Waals surface area contributed by atoms with Crippen LogP contribution in [0.4, 0.5) is 0 Å². The van der Waals surface area contributed by atoms with Crippen molar-refractivity contribution in [1.82, 2.24) is 10.2 Å². The van der Waals surface area contributed by atoms with Crippen molar-refractivity contribution in [1.29, 1.82) is 0 Å². The highest BCUT2D eigenvalue weighted by molar-refractivity contribution is 5.84. The van der Waals surface area contributed by atoms with Gasteiger partial charge in [-0.3, -0.25) is 10.1 Å². The number of hydrogen-bond acceptors (Lipinski definition) is 2. The van der Waals surface area contributed by atoms with Gasteiger partial charge in [0.2, 0.25) is 5.91 Å². The monoisotopic (exact) mass is 252 g/mol. The van der Waals surface area contributed by atoms with Gasteiger partial charge in [0.15, 0.2) is 0 Å². The van der Waals surface area contributed by atoms with E-state index < -0.39 is 0 Å². The summed E-state index contributed by atoms with van der Waals surface area (Å²) in [4.78, 5) is 14.6. The molecule has 0 spiro atoms. The van der Waals surface area contributed by atoms with Gasteiger partial charge in [0.1, 0.15) is 0 Å². The average molecular weight is 252 g/mol. The highest BCUT2D eigenvalue weighted by Crippen LogP contribution is 2.46. The Balaban J connectivity index is 2.02. The number of rotatable bonds is 6. The van der Waals surface area contributed by atoms with Crippen molar-refractivity contribution in [2.75, 3.05) is 6.54 Å². The van der Waals surface area contributed by atoms with E-state index in [9.17, 15) is 4.79 Å². The lowest BCUT2D eigenvalue weighted by Crippen LogP contribution is -2.41. The van der Waals surface area contributed by atoms with Crippen LogP contribution >= 0.6 is 0 Å². The van der Waals surface area contributed by atoms with Crippen molar-refractivity contribution in [2.45, 2.75) is 72.0 Å². The maximum absolute atomic E-state index is 12.5.